The fraction of sp³-hybridized carbons (Fsp3) is 0.545. The van der Waals surface area contributed by atoms with Gasteiger partial charge in [-0.1, -0.05) is 11.6 Å². The van der Waals surface area contributed by atoms with E-state index in [9.17, 15) is 17.6 Å². The van der Waals surface area contributed by atoms with Gasteiger partial charge >= 0.3 is 12.2 Å². The van der Waals surface area contributed by atoms with Crippen molar-refractivity contribution in [3.63, 3.8) is 0 Å². The van der Waals surface area contributed by atoms with Gasteiger partial charge in [0, 0.05) is 54.9 Å². The number of rotatable bonds is 6. The Kier molecular flexibility index (Phi) is 7.64. The zero-order valence-corrected chi connectivity index (χ0v) is 27.0. The molecule has 9 nitrogen and oxygen atoms in total. The zero-order chi connectivity index (χ0) is 33.5. The van der Waals surface area contributed by atoms with Gasteiger partial charge in [0.15, 0.2) is 5.82 Å². The van der Waals surface area contributed by atoms with Gasteiger partial charge in [-0.2, -0.15) is 23.1 Å². The molecule has 0 radical (unpaired) electrons. The Labute approximate surface area is 278 Å². The lowest BCUT2D eigenvalue weighted by Gasteiger charge is -2.42. The van der Waals surface area contributed by atoms with E-state index in [4.69, 9.17) is 31.8 Å². The molecule has 0 amide bonds. The molecule has 2 aromatic heterocycles. The molecule has 1 saturated carbocycles. The summed E-state index contributed by atoms with van der Waals surface area (Å²) in [7, 11) is 0. The highest BCUT2D eigenvalue weighted by Gasteiger charge is 2.48. The van der Waals surface area contributed by atoms with Crippen molar-refractivity contribution in [3.8, 4) is 23.1 Å². The number of pyridine rings is 1. The van der Waals surface area contributed by atoms with Crippen LogP contribution in [-0.2, 0) is 6.18 Å². The van der Waals surface area contributed by atoms with Crippen LogP contribution in [0, 0.1) is 11.2 Å². The van der Waals surface area contributed by atoms with E-state index in [1.54, 1.807) is 0 Å². The molecule has 1 aromatic carbocycles. The van der Waals surface area contributed by atoms with Gasteiger partial charge < -0.3 is 30.3 Å². The second kappa shape index (κ2) is 11.5. The number of alkyl halides is 3. The number of nitrogens with zero attached hydrogens (tertiary/aromatic N) is 5. The van der Waals surface area contributed by atoms with E-state index in [1.807, 2.05) is 6.92 Å². The van der Waals surface area contributed by atoms with Crippen molar-refractivity contribution in [2.75, 3.05) is 43.4 Å². The average Bonchev–Trinajstić information content (AvgIpc) is 3.73. The number of halogens is 6. The fourth-order valence-electron chi connectivity index (χ4n) is 7.96. The van der Waals surface area contributed by atoms with Gasteiger partial charge in [-0.25, -0.2) is 13.8 Å². The first-order valence-corrected chi connectivity index (χ1v) is 16.7. The highest BCUT2D eigenvalue weighted by molar-refractivity contribution is 6.32. The second-order valence-electron chi connectivity index (χ2n) is 13.9. The van der Waals surface area contributed by atoms with E-state index in [2.05, 4.69) is 25.1 Å². The lowest BCUT2D eigenvalue weighted by Crippen LogP contribution is -2.62. The fourth-order valence-corrected chi connectivity index (χ4v) is 8.30. The maximum absolute atomic E-state index is 16.8. The molecule has 15 heteroatoms. The number of nitrogens with two attached hydrogens (primary N) is 1. The van der Waals surface area contributed by atoms with Crippen LogP contribution in [0.1, 0.15) is 51.0 Å². The summed E-state index contributed by atoms with van der Waals surface area (Å²) in [6, 6.07) is 1.94. The van der Waals surface area contributed by atoms with Crippen molar-refractivity contribution in [2.24, 2.45) is 5.41 Å². The Balaban J connectivity index is 1.23. The summed E-state index contributed by atoms with van der Waals surface area (Å²) in [5.74, 6) is -0.782. The first-order valence-electron chi connectivity index (χ1n) is 16.3. The van der Waals surface area contributed by atoms with Crippen LogP contribution in [-0.4, -0.2) is 76.9 Å². The van der Waals surface area contributed by atoms with Crippen LogP contribution in [0.3, 0.4) is 0 Å². The van der Waals surface area contributed by atoms with Crippen molar-refractivity contribution in [1.82, 2.24) is 25.2 Å². The van der Waals surface area contributed by atoms with Crippen molar-refractivity contribution < 1.29 is 31.4 Å². The van der Waals surface area contributed by atoms with E-state index in [-0.39, 0.29) is 58.6 Å². The number of anilines is 2. The van der Waals surface area contributed by atoms with E-state index >= 15 is 4.39 Å². The van der Waals surface area contributed by atoms with E-state index in [1.165, 1.54) is 0 Å². The molecular weight excluding hydrogens is 657 g/mol. The highest BCUT2D eigenvalue weighted by Crippen LogP contribution is 2.49. The number of hydrogen-bond acceptors (Lipinski definition) is 9. The first-order chi connectivity index (χ1) is 22.9. The van der Waals surface area contributed by atoms with Crippen LogP contribution in [0.4, 0.5) is 33.5 Å². The molecule has 2 bridgehead atoms. The number of nitrogen functional groups attached to an aromatic ring is 1. The minimum absolute atomic E-state index is 0.0587. The van der Waals surface area contributed by atoms with E-state index in [0.29, 0.717) is 31.5 Å². The molecule has 4 aliphatic heterocycles. The maximum Gasteiger partial charge on any atom is 0.418 e. The third-order valence-corrected chi connectivity index (χ3v) is 10.9. The summed E-state index contributed by atoms with van der Waals surface area (Å²) >= 11 is 6.05. The smallest absolute Gasteiger partial charge is 0.418 e. The predicted molar refractivity (Wildman–Crippen MR) is 170 cm³/mol. The number of piperazine rings is 1. The third-order valence-electron chi connectivity index (χ3n) is 10.6. The van der Waals surface area contributed by atoms with Crippen LogP contribution < -0.4 is 25.4 Å². The Morgan fingerprint density at radius 3 is 2.65 bits per heavy atom. The molecule has 4 atom stereocenters. The summed E-state index contributed by atoms with van der Waals surface area (Å²) in [6.45, 7) is 5.00. The molecule has 6 heterocycles. The molecule has 256 valence electrons. The van der Waals surface area contributed by atoms with Crippen LogP contribution in [0.25, 0.3) is 22.2 Å². The average molecular weight is 692 g/mol. The number of piperidine rings is 1. The lowest BCUT2D eigenvalue weighted by atomic mass is 9.99. The Morgan fingerprint density at radius 2 is 1.94 bits per heavy atom. The van der Waals surface area contributed by atoms with Gasteiger partial charge in [0.05, 0.1) is 29.6 Å². The summed E-state index contributed by atoms with van der Waals surface area (Å²) in [6.07, 6.45) is 0.371. The van der Waals surface area contributed by atoms with Crippen molar-refractivity contribution in [3.05, 3.63) is 40.4 Å². The normalized spacial score (nSPS) is 26.2. The monoisotopic (exact) mass is 691 g/mol. The van der Waals surface area contributed by atoms with E-state index in [0.717, 1.165) is 63.0 Å². The van der Waals surface area contributed by atoms with Gasteiger partial charge in [-0.3, -0.25) is 0 Å². The number of likely N-dealkylation sites (tertiary alicyclic amines) is 1. The van der Waals surface area contributed by atoms with Crippen LogP contribution in [0.15, 0.2) is 24.0 Å². The summed E-state index contributed by atoms with van der Waals surface area (Å²) in [5.41, 5.74) is 3.73. The summed E-state index contributed by atoms with van der Waals surface area (Å²) in [5, 5.41) is 3.13. The molecule has 0 spiro atoms. The lowest BCUT2D eigenvalue weighted by molar-refractivity contribution is -0.137. The molecule has 0 unspecified atom stereocenters. The maximum atomic E-state index is 16.8. The summed E-state index contributed by atoms with van der Waals surface area (Å²) in [4.78, 5) is 18.1. The molecule has 3 N–H and O–H groups in total. The quantitative estimate of drug-likeness (QED) is 0.228. The Bertz CT molecular complexity index is 1810. The Hall–Kier alpha value is -3.49. The number of benzene rings is 1. The molecule has 3 saturated heterocycles. The van der Waals surface area contributed by atoms with Gasteiger partial charge in [-0.05, 0) is 63.2 Å². The van der Waals surface area contributed by atoms with Crippen molar-refractivity contribution in [1.29, 1.82) is 0 Å². The van der Waals surface area contributed by atoms with Gasteiger partial charge in [-0.15, -0.1) is 0 Å². The molecule has 3 aromatic rings. The molecule has 4 fully saturated rings. The minimum atomic E-state index is -4.93. The first kappa shape index (κ1) is 31.8. The number of fused-ring (bicyclic) bond motifs is 5. The largest absolute Gasteiger partial charge is 0.472 e. The number of nitrogens with one attached hydrogen (secondary N) is 1. The van der Waals surface area contributed by atoms with Crippen molar-refractivity contribution in [2.45, 2.75) is 75.9 Å². The van der Waals surface area contributed by atoms with E-state index < -0.39 is 39.9 Å². The molecule has 5 aliphatic rings. The molecule has 1 aliphatic carbocycles. The predicted octanol–water partition coefficient (Wildman–Crippen LogP) is 6.28. The molecule has 8 rings (SSSR count). The standard InChI is InChI=1S/C33H35ClF5N7O2/c1-16-28-22-3-2-19(41-22)13-46(28)29-23-27(43-31(44-29)47-15-32(6-7-32)14-45-8-4-17(12-35)5-9-45)25(36)26(42-30(23)48-16)20-10-18(40)11-21(34)24(20)33(37,38)39/h10-12,16,19,22,28,41H,2-9,13-15,40H2,1H3/t16-,19+,22-,28+/m0/s1. The molecular formula is C33H35ClF5N7O2. The van der Waals surface area contributed by atoms with Crippen molar-refractivity contribution >= 4 is 34.0 Å². The summed E-state index contributed by atoms with van der Waals surface area (Å²) < 4.78 is 85.4. The number of aromatic nitrogens is 3. The van der Waals surface area contributed by atoms with Gasteiger partial charge in [0.25, 0.3) is 0 Å². The topological polar surface area (TPSA) is 102 Å². The van der Waals surface area contributed by atoms with Crippen LogP contribution in [0.2, 0.25) is 5.02 Å². The number of ether oxygens (including phenoxy) is 2. The van der Waals surface area contributed by atoms with Crippen LogP contribution >= 0.6 is 11.6 Å². The third kappa shape index (κ3) is 5.49. The van der Waals surface area contributed by atoms with Gasteiger partial charge in [0.1, 0.15) is 28.5 Å². The minimum Gasteiger partial charge on any atom is -0.472 e. The SMILES string of the molecule is C[C@@H]1Oc2nc(-c3cc(N)cc(Cl)c3C(F)(F)F)c(F)c3nc(OCC4(CN5CCC(=CF)CC5)CC4)nc(c23)N2C[C@H]3CC[C@H](N3)[C@@H]12. The second-order valence-corrected chi connectivity index (χ2v) is 14.3. The van der Waals surface area contributed by atoms with Crippen LogP contribution in [0.5, 0.6) is 11.9 Å². The molecule has 48 heavy (non-hydrogen) atoms. The van der Waals surface area contributed by atoms with Gasteiger partial charge in [0.2, 0.25) is 5.88 Å². The number of hydrogen-bond donors (Lipinski definition) is 2. The zero-order valence-electron chi connectivity index (χ0n) is 26.2. The highest BCUT2D eigenvalue weighted by atomic mass is 35.5. The Morgan fingerprint density at radius 1 is 1.17 bits per heavy atom.